The minimum atomic E-state index is -0.369. The van der Waals surface area contributed by atoms with Crippen molar-refractivity contribution in [1.82, 2.24) is 9.88 Å². The van der Waals surface area contributed by atoms with Crippen molar-refractivity contribution in [3.8, 4) is 0 Å². The van der Waals surface area contributed by atoms with Gasteiger partial charge in [-0.2, -0.15) is 0 Å². The first kappa shape index (κ1) is 20.8. The molecular weight excluding hydrogens is 390 g/mol. The molecule has 4 rings (SSSR count). The first-order valence-corrected chi connectivity index (χ1v) is 11.7. The molecule has 2 aromatic carbocycles. The Morgan fingerprint density at radius 3 is 2.33 bits per heavy atom. The quantitative estimate of drug-likeness (QED) is 0.533. The molecule has 0 bridgehead atoms. The summed E-state index contributed by atoms with van der Waals surface area (Å²) in [5.74, 6) is 0.161. The third-order valence-corrected chi connectivity index (χ3v) is 7.03. The Kier molecular flexibility index (Phi) is 6.60. The fourth-order valence-corrected chi connectivity index (χ4v) is 5.32. The zero-order valence-corrected chi connectivity index (χ0v) is 18.4. The van der Waals surface area contributed by atoms with Gasteiger partial charge in [0.2, 0.25) is 5.91 Å². The van der Waals surface area contributed by atoms with Crippen molar-refractivity contribution < 1.29 is 4.79 Å². The van der Waals surface area contributed by atoms with Crippen LogP contribution in [0.1, 0.15) is 36.8 Å². The van der Waals surface area contributed by atoms with E-state index in [0.717, 1.165) is 49.6 Å². The van der Waals surface area contributed by atoms with Crippen molar-refractivity contribution in [3.63, 3.8) is 0 Å². The van der Waals surface area contributed by atoms with E-state index in [1.54, 1.807) is 11.3 Å². The molecule has 0 aliphatic carbocycles. The molecule has 4 nitrogen and oxygen atoms in total. The molecular formula is C25H29N3OS. The maximum absolute atomic E-state index is 13.2. The molecule has 0 spiro atoms. The van der Waals surface area contributed by atoms with E-state index in [4.69, 9.17) is 4.98 Å². The van der Waals surface area contributed by atoms with Crippen molar-refractivity contribution >= 4 is 22.9 Å². The zero-order chi connectivity index (χ0) is 20.8. The number of rotatable bonds is 7. The predicted octanol–water partition coefficient (Wildman–Crippen LogP) is 5.12. The number of nitrogens with zero attached hydrogens (tertiary/aromatic N) is 3. The van der Waals surface area contributed by atoms with Crippen molar-refractivity contribution in [1.29, 1.82) is 0 Å². The van der Waals surface area contributed by atoms with Crippen LogP contribution in [0.3, 0.4) is 0 Å². The van der Waals surface area contributed by atoms with Crippen LogP contribution in [0.25, 0.3) is 0 Å². The van der Waals surface area contributed by atoms with Gasteiger partial charge in [0.25, 0.3) is 0 Å². The lowest BCUT2D eigenvalue weighted by molar-refractivity contribution is -0.120. The minimum Gasteiger partial charge on any atom is -0.303 e. The first-order chi connectivity index (χ1) is 14.7. The zero-order valence-electron chi connectivity index (χ0n) is 17.5. The van der Waals surface area contributed by atoms with Crippen LogP contribution in [0.15, 0.2) is 72.2 Å². The molecule has 1 aromatic heterocycles. The molecule has 1 fully saturated rings. The topological polar surface area (TPSA) is 36.4 Å². The maximum atomic E-state index is 13.2. The van der Waals surface area contributed by atoms with Gasteiger partial charge in [0.05, 0.1) is 0 Å². The molecule has 1 saturated heterocycles. The van der Waals surface area contributed by atoms with Gasteiger partial charge in [0.1, 0.15) is 10.5 Å². The largest absolute Gasteiger partial charge is 0.303 e. The molecule has 1 amide bonds. The van der Waals surface area contributed by atoms with Gasteiger partial charge >= 0.3 is 0 Å². The molecule has 0 unspecified atom stereocenters. The first-order valence-electron chi connectivity index (χ1n) is 10.8. The number of likely N-dealkylation sites (tertiary alicyclic amines) is 1. The van der Waals surface area contributed by atoms with Crippen LogP contribution < -0.4 is 4.90 Å². The fourth-order valence-electron chi connectivity index (χ4n) is 4.43. The van der Waals surface area contributed by atoms with E-state index >= 15 is 0 Å². The van der Waals surface area contributed by atoms with Gasteiger partial charge in [-0.3, -0.25) is 9.69 Å². The highest BCUT2D eigenvalue weighted by Gasteiger charge is 2.46. The van der Waals surface area contributed by atoms with Gasteiger partial charge in [-0.15, -0.1) is 11.3 Å². The normalized spacial score (nSPS) is 16.3. The third kappa shape index (κ3) is 4.32. The Morgan fingerprint density at radius 2 is 1.73 bits per heavy atom. The highest BCUT2D eigenvalue weighted by atomic mass is 32.1. The van der Waals surface area contributed by atoms with Crippen LogP contribution in [0.2, 0.25) is 0 Å². The summed E-state index contributed by atoms with van der Waals surface area (Å²) in [6.45, 7) is 4.92. The molecule has 0 atom stereocenters. The van der Waals surface area contributed by atoms with Crippen LogP contribution in [-0.2, 0) is 16.8 Å². The SMILES string of the molecule is CCC(=O)N(c1ccccc1)C1(c2nccs2)CCN(CCc2ccccc2)CC1. The molecule has 0 saturated carbocycles. The van der Waals surface area contributed by atoms with Crippen LogP contribution in [0, 0.1) is 0 Å². The van der Waals surface area contributed by atoms with E-state index in [9.17, 15) is 4.79 Å². The van der Waals surface area contributed by atoms with E-state index in [1.165, 1.54) is 5.56 Å². The van der Waals surface area contributed by atoms with E-state index in [-0.39, 0.29) is 11.4 Å². The van der Waals surface area contributed by atoms with Gasteiger partial charge in [0.15, 0.2) is 0 Å². The molecule has 2 heterocycles. The minimum absolute atomic E-state index is 0.161. The number of carbonyl (C=O) groups excluding carboxylic acids is 1. The number of piperidine rings is 1. The van der Waals surface area contributed by atoms with Crippen molar-refractivity contribution in [2.24, 2.45) is 0 Å². The molecule has 1 aliphatic heterocycles. The van der Waals surface area contributed by atoms with Gasteiger partial charge in [-0.1, -0.05) is 55.5 Å². The summed E-state index contributed by atoms with van der Waals surface area (Å²) in [5, 5.41) is 3.08. The van der Waals surface area contributed by atoms with E-state index in [1.807, 2.05) is 53.7 Å². The molecule has 0 radical (unpaired) electrons. The lowest BCUT2D eigenvalue weighted by Crippen LogP contribution is -2.56. The fraction of sp³-hybridized carbons (Fsp3) is 0.360. The number of aromatic nitrogens is 1. The summed E-state index contributed by atoms with van der Waals surface area (Å²) in [6, 6.07) is 20.8. The lowest BCUT2D eigenvalue weighted by atomic mass is 9.84. The number of thiazole rings is 1. The molecule has 5 heteroatoms. The smallest absolute Gasteiger partial charge is 0.227 e. The van der Waals surface area contributed by atoms with E-state index < -0.39 is 0 Å². The Balaban J connectivity index is 1.57. The number of hydrogen-bond donors (Lipinski definition) is 0. The third-order valence-electron chi connectivity index (χ3n) is 6.07. The van der Waals surface area contributed by atoms with Crippen LogP contribution in [0.5, 0.6) is 0 Å². The number of carbonyl (C=O) groups is 1. The van der Waals surface area contributed by atoms with Crippen LogP contribution >= 0.6 is 11.3 Å². The van der Waals surface area contributed by atoms with E-state index in [2.05, 4.69) is 35.2 Å². The molecule has 0 N–H and O–H groups in total. The summed E-state index contributed by atoms with van der Waals surface area (Å²) in [7, 11) is 0. The average Bonchev–Trinajstić information content (AvgIpc) is 3.36. The molecule has 3 aromatic rings. The predicted molar refractivity (Wildman–Crippen MR) is 124 cm³/mol. The molecule has 1 aliphatic rings. The van der Waals surface area contributed by atoms with Gasteiger partial charge in [-0.05, 0) is 37.0 Å². The Labute approximate surface area is 183 Å². The number of anilines is 1. The Hall–Kier alpha value is -2.50. The van der Waals surface area contributed by atoms with Crippen molar-refractivity contribution in [2.75, 3.05) is 24.5 Å². The second kappa shape index (κ2) is 9.54. The van der Waals surface area contributed by atoms with Crippen LogP contribution in [0.4, 0.5) is 5.69 Å². The summed E-state index contributed by atoms with van der Waals surface area (Å²) in [5.41, 5.74) is 1.98. The van der Waals surface area contributed by atoms with E-state index in [0.29, 0.717) is 6.42 Å². The van der Waals surface area contributed by atoms with Crippen LogP contribution in [-0.4, -0.2) is 35.4 Å². The number of para-hydroxylation sites is 1. The maximum Gasteiger partial charge on any atom is 0.227 e. The molecule has 30 heavy (non-hydrogen) atoms. The van der Waals surface area contributed by atoms with Crippen molar-refractivity contribution in [3.05, 3.63) is 82.8 Å². The number of hydrogen-bond acceptors (Lipinski definition) is 4. The monoisotopic (exact) mass is 419 g/mol. The number of benzene rings is 2. The standard InChI is InChI=1S/C25H29N3OS/c1-2-23(29)28(22-11-7-4-8-12-22)25(24-26-16-20-30-24)14-18-27(19-15-25)17-13-21-9-5-3-6-10-21/h3-12,16,20H,2,13-15,17-19H2,1H3. The average molecular weight is 420 g/mol. The summed E-state index contributed by atoms with van der Waals surface area (Å²) < 4.78 is 0. The Bertz CT molecular complexity index is 920. The second-order valence-corrected chi connectivity index (χ2v) is 8.76. The summed E-state index contributed by atoms with van der Waals surface area (Å²) in [6.07, 6.45) is 5.20. The van der Waals surface area contributed by atoms with Crippen molar-refractivity contribution in [2.45, 2.75) is 38.1 Å². The summed E-state index contributed by atoms with van der Waals surface area (Å²) >= 11 is 1.67. The van der Waals surface area contributed by atoms with Gasteiger partial charge in [-0.25, -0.2) is 4.98 Å². The highest BCUT2D eigenvalue weighted by molar-refractivity contribution is 7.09. The number of amides is 1. The van der Waals surface area contributed by atoms with Gasteiger partial charge in [0, 0.05) is 43.3 Å². The molecule has 156 valence electrons. The van der Waals surface area contributed by atoms with Gasteiger partial charge < -0.3 is 4.90 Å². The summed E-state index contributed by atoms with van der Waals surface area (Å²) in [4.78, 5) is 22.5. The Morgan fingerprint density at radius 1 is 1.07 bits per heavy atom. The highest BCUT2D eigenvalue weighted by Crippen LogP contribution is 2.43. The second-order valence-electron chi connectivity index (χ2n) is 7.86. The lowest BCUT2D eigenvalue weighted by Gasteiger charge is -2.47.